The van der Waals surface area contributed by atoms with E-state index in [2.05, 4.69) is 20.1 Å². The van der Waals surface area contributed by atoms with Crippen molar-refractivity contribution in [2.24, 2.45) is 10.2 Å². The first-order valence-electron chi connectivity index (χ1n) is 9.96. The summed E-state index contributed by atoms with van der Waals surface area (Å²) in [4.78, 5) is 28.6. The molecule has 0 aromatic heterocycles. The molecule has 4 saturated heterocycles. The van der Waals surface area contributed by atoms with Crippen LogP contribution in [0.2, 0.25) is 0 Å². The summed E-state index contributed by atoms with van der Waals surface area (Å²) < 4.78 is 32.2. The van der Waals surface area contributed by atoms with Crippen molar-refractivity contribution in [3.63, 3.8) is 0 Å². The van der Waals surface area contributed by atoms with Gasteiger partial charge in [-0.05, 0) is 52.6 Å². The molecule has 0 amide bonds. The van der Waals surface area contributed by atoms with E-state index in [-0.39, 0.29) is 25.4 Å². The molecule has 14 nitrogen and oxygen atoms in total. The Hall–Kier alpha value is -2.60. The highest BCUT2D eigenvalue weighted by Crippen LogP contribution is 2.40. The molecule has 14 heteroatoms. The molecule has 4 rings (SSSR count). The van der Waals surface area contributed by atoms with Gasteiger partial charge in [0.05, 0.1) is 0 Å². The number of esters is 2. The number of hydrogen-bond acceptors (Lipinski definition) is 10. The van der Waals surface area contributed by atoms with E-state index in [0.717, 1.165) is 0 Å². The van der Waals surface area contributed by atoms with Crippen LogP contribution in [0.5, 0.6) is 0 Å². The first kappa shape index (κ1) is 24.1. The van der Waals surface area contributed by atoms with Gasteiger partial charge in [-0.3, -0.25) is 9.59 Å². The third-order valence-corrected chi connectivity index (χ3v) is 5.56. The van der Waals surface area contributed by atoms with Gasteiger partial charge in [0.1, 0.15) is 37.6 Å². The Morgan fingerprint density at radius 2 is 1.06 bits per heavy atom. The van der Waals surface area contributed by atoms with Gasteiger partial charge in [0.2, 0.25) is 0 Å². The molecule has 4 aliphatic rings. The van der Waals surface area contributed by atoms with Gasteiger partial charge in [0.15, 0.2) is 22.7 Å². The molecule has 0 bridgehead atoms. The summed E-state index contributed by atoms with van der Waals surface area (Å²) in [7, 11) is 0. The third kappa shape index (κ3) is 4.20. The summed E-state index contributed by atoms with van der Waals surface area (Å²) in [6.07, 6.45) is -1.97. The summed E-state index contributed by atoms with van der Waals surface area (Å²) in [6, 6.07) is 0. The zero-order valence-corrected chi connectivity index (χ0v) is 18.7. The number of cyclic esters (lactones) is 2. The minimum Gasteiger partial charge on any atom is -0.462 e. The number of azide groups is 2. The molecule has 4 fully saturated rings. The molecule has 32 heavy (non-hydrogen) atoms. The molecular formula is C18H26N6O8. The standard InChI is InChI=1S/2C9H13N3O4/c2*1-8(2)15-5-4-14-7(13)9(3,11-12-10)6(5)16-8/h2*5-6H,4H2,1-3H3/t2*5-,6-,9-/m11/s1. The van der Waals surface area contributed by atoms with Crippen LogP contribution in [0.1, 0.15) is 41.5 Å². The number of carbonyl (C=O) groups is 2. The average molecular weight is 454 g/mol. The van der Waals surface area contributed by atoms with Crippen LogP contribution in [-0.4, -0.2) is 72.2 Å². The lowest BCUT2D eigenvalue weighted by molar-refractivity contribution is -0.166. The normalized spacial score (nSPS) is 40.8. The maximum atomic E-state index is 11.6. The van der Waals surface area contributed by atoms with Crippen molar-refractivity contribution < 1.29 is 38.0 Å². The van der Waals surface area contributed by atoms with Crippen LogP contribution < -0.4 is 0 Å². The Labute approximate surface area is 183 Å². The van der Waals surface area contributed by atoms with E-state index in [1.165, 1.54) is 13.8 Å². The van der Waals surface area contributed by atoms with E-state index in [0.29, 0.717) is 0 Å². The van der Waals surface area contributed by atoms with Crippen molar-refractivity contribution in [3.8, 4) is 0 Å². The summed E-state index contributed by atoms with van der Waals surface area (Å²) in [5.74, 6) is -2.74. The SMILES string of the molecule is CC1(C)O[C@@H]2[C@@H](COC(=O)[C@]2(C)N=[N+]=[N-])O1.CC1(C)O[C@@H]2[C@@H](COC(=O)[C@]2(C)N=[N+]=[N-])O1. The predicted octanol–water partition coefficient (Wildman–Crippen LogP) is 2.26. The molecule has 0 aromatic rings. The smallest absolute Gasteiger partial charge is 0.320 e. The van der Waals surface area contributed by atoms with Crippen molar-refractivity contribution in [1.29, 1.82) is 0 Å². The molecule has 0 spiro atoms. The second-order valence-corrected chi connectivity index (χ2v) is 9.06. The van der Waals surface area contributed by atoms with Gasteiger partial charge >= 0.3 is 11.9 Å². The molecule has 4 heterocycles. The first-order valence-corrected chi connectivity index (χ1v) is 9.96. The summed E-state index contributed by atoms with van der Waals surface area (Å²) in [5, 5.41) is 7.01. The van der Waals surface area contributed by atoms with E-state index in [4.69, 9.17) is 39.5 Å². The highest BCUT2D eigenvalue weighted by molar-refractivity contribution is 5.83. The fourth-order valence-electron chi connectivity index (χ4n) is 4.09. The van der Waals surface area contributed by atoms with Crippen molar-refractivity contribution in [2.45, 2.75) is 88.6 Å². The molecule has 0 aromatic carbocycles. The number of ether oxygens (including phenoxy) is 6. The molecule has 6 atom stereocenters. The van der Waals surface area contributed by atoms with Crippen LogP contribution in [0.3, 0.4) is 0 Å². The van der Waals surface area contributed by atoms with Crippen LogP contribution in [0.15, 0.2) is 10.2 Å². The molecule has 0 aliphatic carbocycles. The Bertz CT molecular complexity index is 826. The number of nitrogens with zero attached hydrogens (tertiary/aromatic N) is 6. The van der Waals surface area contributed by atoms with E-state index in [1.54, 1.807) is 27.7 Å². The highest BCUT2D eigenvalue weighted by Gasteiger charge is 2.59. The lowest BCUT2D eigenvalue weighted by atomic mass is 9.90. The van der Waals surface area contributed by atoms with Gasteiger partial charge in [-0.15, -0.1) is 0 Å². The van der Waals surface area contributed by atoms with Gasteiger partial charge in [-0.2, -0.15) is 0 Å². The quantitative estimate of drug-likeness (QED) is 0.263. The molecule has 0 unspecified atom stereocenters. The van der Waals surface area contributed by atoms with Crippen molar-refractivity contribution in [3.05, 3.63) is 20.9 Å². The lowest BCUT2D eigenvalue weighted by Crippen LogP contribution is -2.56. The number of carbonyl (C=O) groups excluding carboxylic acids is 2. The van der Waals surface area contributed by atoms with Gasteiger partial charge in [0, 0.05) is 9.82 Å². The molecule has 0 saturated carbocycles. The second-order valence-electron chi connectivity index (χ2n) is 9.06. The third-order valence-electron chi connectivity index (χ3n) is 5.56. The fraction of sp³-hybridized carbons (Fsp3) is 0.889. The number of fused-ring (bicyclic) bond motifs is 2. The monoisotopic (exact) mass is 454 g/mol. The molecule has 0 radical (unpaired) electrons. The topological polar surface area (TPSA) is 187 Å². The van der Waals surface area contributed by atoms with Gasteiger partial charge in [-0.1, -0.05) is 10.2 Å². The van der Waals surface area contributed by atoms with Crippen LogP contribution in [0.4, 0.5) is 0 Å². The van der Waals surface area contributed by atoms with Crippen molar-refractivity contribution in [2.75, 3.05) is 13.2 Å². The Balaban J connectivity index is 0.000000181. The minimum absolute atomic E-state index is 0.128. The summed E-state index contributed by atoms with van der Waals surface area (Å²) in [5.41, 5.74) is 14.3. The zero-order chi connectivity index (χ0) is 23.9. The highest BCUT2D eigenvalue weighted by atomic mass is 16.8. The van der Waals surface area contributed by atoms with Crippen LogP contribution in [0, 0.1) is 0 Å². The molecule has 4 aliphatic heterocycles. The summed E-state index contributed by atoms with van der Waals surface area (Å²) in [6.45, 7) is 10.2. The Morgan fingerprint density at radius 3 is 1.38 bits per heavy atom. The van der Waals surface area contributed by atoms with Crippen LogP contribution in [0.25, 0.3) is 20.9 Å². The van der Waals surface area contributed by atoms with Crippen molar-refractivity contribution >= 4 is 11.9 Å². The maximum absolute atomic E-state index is 11.6. The van der Waals surface area contributed by atoms with E-state index in [1.807, 2.05) is 0 Å². The lowest BCUT2D eigenvalue weighted by Gasteiger charge is -2.34. The zero-order valence-electron chi connectivity index (χ0n) is 18.7. The predicted molar refractivity (Wildman–Crippen MR) is 105 cm³/mol. The van der Waals surface area contributed by atoms with Gasteiger partial charge in [-0.25, -0.2) is 0 Å². The van der Waals surface area contributed by atoms with Crippen molar-refractivity contribution in [1.82, 2.24) is 0 Å². The van der Waals surface area contributed by atoms with E-state index in [9.17, 15) is 9.59 Å². The van der Waals surface area contributed by atoms with Gasteiger partial charge in [0.25, 0.3) is 0 Å². The van der Waals surface area contributed by atoms with E-state index >= 15 is 0 Å². The Kier molecular flexibility index (Phi) is 6.07. The second kappa shape index (κ2) is 8.07. The van der Waals surface area contributed by atoms with Crippen LogP contribution in [-0.2, 0) is 38.0 Å². The molecule has 176 valence electrons. The molecular weight excluding hydrogens is 428 g/mol. The fourth-order valence-corrected chi connectivity index (χ4v) is 4.09. The van der Waals surface area contributed by atoms with Gasteiger partial charge < -0.3 is 28.4 Å². The maximum Gasteiger partial charge on any atom is 0.320 e. The van der Waals surface area contributed by atoms with E-state index < -0.39 is 46.8 Å². The average Bonchev–Trinajstić information content (AvgIpc) is 3.19. The summed E-state index contributed by atoms with van der Waals surface area (Å²) >= 11 is 0. The molecule has 0 N–H and O–H groups in total. The first-order chi connectivity index (χ1) is 14.8. The largest absolute Gasteiger partial charge is 0.462 e. The minimum atomic E-state index is -1.36. The number of rotatable bonds is 2. The van der Waals surface area contributed by atoms with Crippen LogP contribution >= 0.6 is 0 Å². The number of hydrogen-bond donors (Lipinski definition) is 0. The Morgan fingerprint density at radius 1 is 0.719 bits per heavy atom.